The summed E-state index contributed by atoms with van der Waals surface area (Å²) in [6, 6.07) is 0. The zero-order valence-corrected chi connectivity index (χ0v) is 10.4. The zero-order valence-electron chi connectivity index (χ0n) is 10.4. The van der Waals surface area contributed by atoms with E-state index in [1.165, 1.54) is 12.8 Å². The molecule has 1 rings (SSSR count). The summed E-state index contributed by atoms with van der Waals surface area (Å²) in [5.41, 5.74) is 1.05. The van der Waals surface area contributed by atoms with E-state index < -0.39 is 0 Å². The van der Waals surface area contributed by atoms with Crippen molar-refractivity contribution < 1.29 is 5.11 Å². The molecule has 1 aliphatic rings. The Morgan fingerprint density at radius 2 is 1.93 bits per heavy atom. The average molecular weight is 211 g/mol. The molecule has 1 N–H and O–H groups in total. The molecular weight excluding hydrogens is 186 g/mol. The van der Waals surface area contributed by atoms with Gasteiger partial charge in [0, 0.05) is 5.54 Å². The van der Waals surface area contributed by atoms with Crippen LogP contribution in [0.4, 0.5) is 0 Å². The van der Waals surface area contributed by atoms with Crippen molar-refractivity contribution in [2.24, 2.45) is 0 Å². The van der Waals surface area contributed by atoms with Crippen LogP contribution in [-0.4, -0.2) is 34.7 Å². The van der Waals surface area contributed by atoms with Crippen LogP contribution in [0.1, 0.15) is 46.5 Å². The molecule has 0 aromatic heterocycles. The molecule has 0 aromatic carbocycles. The largest absolute Gasteiger partial charge is 0.391 e. The number of aliphatic hydroxyl groups excluding tert-OH is 1. The van der Waals surface area contributed by atoms with E-state index in [-0.39, 0.29) is 11.6 Å². The van der Waals surface area contributed by atoms with Gasteiger partial charge < -0.3 is 5.11 Å². The van der Waals surface area contributed by atoms with Gasteiger partial charge in [-0.25, -0.2) is 0 Å². The molecule has 0 amide bonds. The van der Waals surface area contributed by atoms with E-state index in [1.54, 1.807) is 0 Å². The van der Waals surface area contributed by atoms with Crippen molar-refractivity contribution in [1.29, 1.82) is 0 Å². The summed E-state index contributed by atoms with van der Waals surface area (Å²) in [4.78, 5) is 2.40. The lowest BCUT2D eigenvalue weighted by atomic mass is 9.90. The lowest BCUT2D eigenvalue weighted by Gasteiger charge is -2.39. The Hall–Kier alpha value is -0.340. The second-order valence-corrected chi connectivity index (χ2v) is 5.17. The summed E-state index contributed by atoms with van der Waals surface area (Å²) in [7, 11) is 0. The van der Waals surface area contributed by atoms with E-state index in [0.717, 1.165) is 31.5 Å². The topological polar surface area (TPSA) is 23.5 Å². The van der Waals surface area contributed by atoms with E-state index >= 15 is 0 Å². The Balaban J connectivity index is 2.54. The quantitative estimate of drug-likeness (QED) is 0.707. The number of nitrogens with zero attached hydrogens (tertiary/aromatic N) is 1. The van der Waals surface area contributed by atoms with Crippen LogP contribution >= 0.6 is 0 Å². The van der Waals surface area contributed by atoms with Gasteiger partial charge in [0.15, 0.2) is 0 Å². The lowest BCUT2D eigenvalue weighted by molar-refractivity contribution is 0.00314. The number of hydrogen-bond acceptors (Lipinski definition) is 2. The standard InChI is InChI=1S/C13H25NO/c1-5-11(2)10-12(15)13(3,4)14-8-6-7-9-14/h12,15H,2,5-10H2,1,3-4H3. The first-order chi connectivity index (χ1) is 6.98. The maximum Gasteiger partial charge on any atom is 0.0755 e. The maximum absolute atomic E-state index is 10.2. The van der Waals surface area contributed by atoms with E-state index in [2.05, 4.69) is 32.3 Å². The summed E-state index contributed by atoms with van der Waals surface area (Å²) in [6.07, 6.45) is 3.95. The van der Waals surface area contributed by atoms with Crippen molar-refractivity contribution in [2.45, 2.75) is 58.1 Å². The minimum absolute atomic E-state index is 0.103. The van der Waals surface area contributed by atoms with Gasteiger partial charge in [-0.1, -0.05) is 19.1 Å². The second-order valence-electron chi connectivity index (χ2n) is 5.17. The first kappa shape index (κ1) is 12.7. The predicted octanol–water partition coefficient (Wildman–Crippen LogP) is 2.58. The Kier molecular flexibility index (Phi) is 4.35. The Morgan fingerprint density at radius 3 is 2.40 bits per heavy atom. The Bertz CT molecular complexity index is 217. The summed E-state index contributed by atoms with van der Waals surface area (Å²) in [6.45, 7) is 12.6. The van der Waals surface area contributed by atoms with Crippen LogP contribution in [0, 0.1) is 0 Å². The van der Waals surface area contributed by atoms with Gasteiger partial charge in [0.1, 0.15) is 0 Å². The van der Waals surface area contributed by atoms with E-state index in [0.29, 0.717) is 0 Å². The Morgan fingerprint density at radius 1 is 1.40 bits per heavy atom. The Labute approximate surface area is 94.0 Å². The first-order valence-corrected chi connectivity index (χ1v) is 6.08. The molecule has 2 heteroatoms. The highest BCUT2D eigenvalue weighted by Crippen LogP contribution is 2.27. The zero-order chi connectivity index (χ0) is 11.5. The van der Waals surface area contributed by atoms with Crippen LogP contribution < -0.4 is 0 Å². The van der Waals surface area contributed by atoms with Crippen LogP contribution in [0.25, 0.3) is 0 Å². The van der Waals surface area contributed by atoms with Crippen LogP contribution in [0.2, 0.25) is 0 Å². The van der Waals surface area contributed by atoms with Crippen LogP contribution in [-0.2, 0) is 0 Å². The van der Waals surface area contributed by atoms with Crippen molar-refractivity contribution in [1.82, 2.24) is 4.90 Å². The van der Waals surface area contributed by atoms with Gasteiger partial charge >= 0.3 is 0 Å². The van der Waals surface area contributed by atoms with Crippen molar-refractivity contribution in [3.63, 3.8) is 0 Å². The number of hydrogen-bond donors (Lipinski definition) is 1. The van der Waals surface area contributed by atoms with Crippen LogP contribution in [0.15, 0.2) is 12.2 Å². The van der Waals surface area contributed by atoms with E-state index in [4.69, 9.17) is 0 Å². The van der Waals surface area contributed by atoms with Crippen molar-refractivity contribution in [2.75, 3.05) is 13.1 Å². The van der Waals surface area contributed by atoms with E-state index in [1.807, 2.05) is 0 Å². The minimum atomic E-state index is -0.289. The average Bonchev–Trinajstić information content (AvgIpc) is 2.70. The molecule has 0 aliphatic carbocycles. The number of aliphatic hydroxyl groups is 1. The predicted molar refractivity (Wildman–Crippen MR) is 64.9 cm³/mol. The van der Waals surface area contributed by atoms with Gasteiger partial charge in [0.2, 0.25) is 0 Å². The minimum Gasteiger partial charge on any atom is -0.391 e. The molecule has 1 fully saturated rings. The van der Waals surface area contributed by atoms with Gasteiger partial charge in [0.25, 0.3) is 0 Å². The van der Waals surface area contributed by atoms with Gasteiger partial charge in [-0.15, -0.1) is 0 Å². The van der Waals surface area contributed by atoms with Crippen molar-refractivity contribution >= 4 is 0 Å². The molecule has 1 saturated heterocycles. The molecule has 0 spiro atoms. The summed E-state index contributed by atoms with van der Waals surface area (Å²) >= 11 is 0. The molecule has 0 radical (unpaired) electrons. The fourth-order valence-corrected chi connectivity index (χ4v) is 2.17. The fraction of sp³-hybridized carbons (Fsp3) is 0.846. The second kappa shape index (κ2) is 5.13. The molecular formula is C13H25NO. The summed E-state index contributed by atoms with van der Waals surface area (Å²) in [5.74, 6) is 0. The smallest absolute Gasteiger partial charge is 0.0755 e. The van der Waals surface area contributed by atoms with Gasteiger partial charge in [-0.3, -0.25) is 4.90 Å². The third-order valence-corrected chi connectivity index (χ3v) is 3.72. The van der Waals surface area contributed by atoms with Crippen LogP contribution in [0.3, 0.4) is 0 Å². The SMILES string of the molecule is C=C(CC)CC(O)C(C)(C)N1CCCC1. The summed E-state index contributed by atoms with van der Waals surface area (Å²) in [5, 5.41) is 10.2. The monoisotopic (exact) mass is 211 g/mol. The molecule has 0 aromatic rings. The first-order valence-electron chi connectivity index (χ1n) is 6.08. The maximum atomic E-state index is 10.2. The third-order valence-electron chi connectivity index (χ3n) is 3.72. The van der Waals surface area contributed by atoms with Gasteiger partial charge in [-0.05, 0) is 52.6 Å². The lowest BCUT2D eigenvalue weighted by Crippen LogP contribution is -2.51. The highest BCUT2D eigenvalue weighted by Gasteiger charge is 2.35. The normalized spacial score (nSPS) is 20.5. The van der Waals surface area contributed by atoms with Crippen molar-refractivity contribution in [3.05, 3.63) is 12.2 Å². The molecule has 0 bridgehead atoms. The van der Waals surface area contributed by atoms with Crippen molar-refractivity contribution in [3.8, 4) is 0 Å². The molecule has 2 nitrogen and oxygen atoms in total. The third kappa shape index (κ3) is 3.05. The van der Waals surface area contributed by atoms with Gasteiger partial charge in [0.05, 0.1) is 6.10 Å². The molecule has 0 saturated carbocycles. The molecule has 88 valence electrons. The highest BCUT2D eigenvalue weighted by atomic mass is 16.3. The fourth-order valence-electron chi connectivity index (χ4n) is 2.17. The number of rotatable bonds is 5. The van der Waals surface area contributed by atoms with Crippen LogP contribution in [0.5, 0.6) is 0 Å². The molecule has 15 heavy (non-hydrogen) atoms. The number of likely N-dealkylation sites (tertiary alicyclic amines) is 1. The molecule has 1 atom stereocenters. The highest BCUT2D eigenvalue weighted by molar-refractivity contribution is 5.01. The van der Waals surface area contributed by atoms with E-state index in [9.17, 15) is 5.11 Å². The molecule has 1 aliphatic heterocycles. The van der Waals surface area contributed by atoms with Gasteiger partial charge in [-0.2, -0.15) is 0 Å². The molecule has 1 heterocycles. The molecule has 1 unspecified atom stereocenters. The summed E-state index contributed by atoms with van der Waals surface area (Å²) < 4.78 is 0.